The van der Waals surface area contributed by atoms with Crippen LogP contribution in [0, 0.1) is 0 Å². The summed E-state index contributed by atoms with van der Waals surface area (Å²) in [6.07, 6.45) is 2.40. The van der Waals surface area contributed by atoms with Crippen molar-refractivity contribution < 1.29 is 0 Å². The van der Waals surface area contributed by atoms with Crippen LogP contribution in [0.5, 0.6) is 0 Å². The monoisotopic (exact) mass is 176 g/mol. The van der Waals surface area contributed by atoms with Gasteiger partial charge in [0.2, 0.25) is 5.96 Å². The third-order valence-electron chi connectivity index (χ3n) is 1.42. The quantitative estimate of drug-likeness (QED) is 0.399. The van der Waals surface area contributed by atoms with Gasteiger partial charge in [-0.05, 0) is 5.56 Å². The summed E-state index contributed by atoms with van der Waals surface area (Å²) in [4.78, 5) is 0. The highest BCUT2D eigenvalue weighted by atomic mass is 15.3. The van der Waals surface area contributed by atoms with Crippen molar-refractivity contribution in [1.82, 2.24) is 0 Å². The molecule has 0 spiro atoms. The second kappa shape index (κ2) is 4.92. The Hall–Kier alpha value is -1.84. The Balaban J connectivity index is 2.44. The lowest BCUT2D eigenvalue weighted by atomic mass is 10.2. The predicted molar refractivity (Wildman–Crippen MR) is 54.4 cm³/mol. The minimum absolute atomic E-state index is 0.0238. The van der Waals surface area contributed by atoms with Crippen LogP contribution in [0.3, 0.4) is 0 Å². The van der Waals surface area contributed by atoms with Gasteiger partial charge in [0.05, 0.1) is 0 Å². The molecule has 0 fully saturated rings. The van der Waals surface area contributed by atoms with Crippen molar-refractivity contribution >= 4 is 12.2 Å². The van der Waals surface area contributed by atoms with Gasteiger partial charge in [-0.1, -0.05) is 30.3 Å². The summed E-state index contributed by atoms with van der Waals surface area (Å²) in [5.41, 5.74) is 11.3. The fourth-order valence-corrected chi connectivity index (χ4v) is 0.868. The number of rotatable bonds is 3. The zero-order valence-electron chi connectivity index (χ0n) is 7.22. The van der Waals surface area contributed by atoms with Gasteiger partial charge in [-0.25, -0.2) is 0 Å². The van der Waals surface area contributed by atoms with E-state index in [0.717, 1.165) is 6.42 Å². The van der Waals surface area contributed by atoms with Gasteiger partial charge in [-0.3, -0.25) is 0 Å². The molecule has 0 aliphatic carbocycles. The van der Waals surface area contributed by atoms with E-state index < -0.39 is 0 Å². The Kier molecular flexibility index (Phi) is 3.50. The number of hydrogen-bond acceptors (Lipinski definition) is 2. The van der Waals surface area contributed by atoms with Crippen LogP contribution in [-0.4, -0.2) is 12.2 Å². The molecule has 1 aromatic carbocycles. The van der Waals surface area contributed by atoms with Crippen LogP contribution in [-0.2, 0) is 6.42 Å². The maximum absolute atomic E-state index is 5.09. The highest BCUT2D eigenvalue weighted by molar-refractivity contribution is 5.76. The van der Waals surface area contributed by atoms with Crippen LogP contribution in [0.15, 0.2) is 40.5 Å². The summed E-state index contributed by atoms with van der Waals surface area (Å²) in [5.74, 6) is -0.0238. The van der Waals surface area contributed by atoms with Crippen LogP contribution in [0.4, 0.5) is 0 Å². The lowest BCUT2D eigenvalue weighted by molar-refractivity contribution is 1.19. The zero-order valence-corrected chi connectivity index (χ0v) is 7.22. The van der Waals surface area contributed by atoms with Crippen LogP contribution < -0.4 is 11.5 Å². The molecule has 0 saturated carbocycles. The zero-order chi connectivity index (χ0) is 9.52. The minimum atomic E-state index is -0.0238. The van der Waals surface area contributed by atoms with Crippen molar-refractivity contribution in [2.75, 3.05) is 0 Å². The van der Waals surface area contributed by atoms with Crippen molar-refractivity contribution in [3.63, 3.8) is 0 Å². The van der Waals surface area contributed by atoms with Crippen molar-refractivity contribution in [2.24, 2.45) is 21.7 Å². The fourth-order valence-electron chi connectivity index (χ4n) is 0.868. The number of nitrogens with two attached hydrogens (primary N) is 2. The van der Waals surface area contributed by atoms with E-state index in [9.17, 15) is 0 Å². The summed E-state index contributed by atoms with van der Waals surface area (Å²) in [6.45, 7) is 0. The molecular formula is C9H12N4. The van der Waals surface area contributed by atoms with Gasteiger partial charge in [0.25, 0.3) is 0 Å². The van der Waals surface area contributed by atoms with E-state index >= 15 is 0 Å². The predicted octanol–water partition coefficient (Wildman–Crippen LogP) is 0.488. The van der Waals surface area contributed by atoms with E-state index in [4.69, 9.17) is 11.5 Å². The van der Waals surface area contributed by atoms with E-state index in [-0.39, 0.29) is 5.96 Å². The molecule has 0 aromatic heterocycles. The molecule has 0 aliphatic heterocycles. The molecule has 0 radical (unpaired) electrons. The first-order chi connectivity index (χ1) is 6.29. The maximum atomic E-state index is 5.09. The highest BCUT2D eigenvalue weighted by Gasteiger charge is 1.85. The Bertz CT molecular complexity index is 299. The van der Waals surface area contributed by atoms with Crippen molar-refractivity contribution in [1.29, 1.82) is 0 Å². The van der Waals surface area contributed by atoms with Crippen molar-refractivity contribution in [3.05, 3.63) is 35.9 Å². The Morgan fingerprint density at radius 3 is 2.54 bits per heavy atom. The molecule has 1 rings (SSSR count). The molecule has 0 heterocycles. The van der Waals surface area contributed by atoms with E-state index in [2.05, 4.69) is 10.2 Å². The Morgan fingerprint density at radius 1 is 1.23 bits per heavy atom. The smallest absolute Gasteiger partial charge is 0.211 e. The van der Waals surface area contributed by atoms with Gasteiger partial charge in [0.15, 0.2) is 0 Å². The number of nitrogens with zero attached hydrogens (tertiary/aromatic N) is 2. The molecule has 4 heteroatoms. The third kappa shape index (κ3) is 3.91. The largest absolute Gasteiger partial charge is 0.369 e. The van der Waals surface area contributed by atoms with Gasteiger partial charge in [-0.2, -0.15) is 5.10 Å². The normalized spacial score (nSPS) is 10.2. The van der Waals surface area contributed by atoms with Gasteiger partial charge >= 0.3 is 0 Å². The highest BCUT2D eigenvalue weighted by Crippen LogP contribution is 1.97. The minimum Gasteiger partial charge on any atom is -0.369 e. The van der Waals surface area contributed by atoms with Crippen molar-refractivity contribution in [3.8, 4) is 0 Å². The van der Waals surface area contributed by atoms with Crippen LogP contribution in [0.25, 0.3) is 0 Å². The van der Waals surface area contributed by atoms with Gasteiger partial charge in [0, 0.05) is 12.6 Å². The summed E-state index contributed by atoms with van der Waals surface area (Å²) >= 11 is 0. The molecule has 0 atom stereocenters. The summed E-state index contributed by atoms with van der Waals surface area (Å²) in [6, 6.07) is 9.95. The molecule has 1 aromatic rings. The second-order valence-corrected chi connectivity index (χ2v) is 2.51. The topological polar surface area (TPSA) is 76.8 Å². The third-order valence-corrected chi connectivity index (χ3v) is 1.42. The Labute approximate surface area is 77.0 Å². The lowest BCUT2D eigenvalue weighted by Crippen LogP contribution is -2.21. The molecule has 4 nitrogen and oxygen atoms in total. The molecule has 4 N–H and O–H groups in total. The van der Waals surface area contributed by atoms with Crippen molar-refractivity contribution in [2.45, 2.75) is 6.42 Å². The molecular weight excluding hydrogens is 164 g/mol. The van der Waals surface area contributed by atoms with Crippen LogP contribution >= 0.6 is 0 Å². The molecule has 0 amide bonds. The average molecular weight is 176 g/mol. The van der Waals surface area contributed by atoms with Crippen LogP contribution in [0.1, 0.15) is 5.56 Å². The number of hydrogen-bond donors (Lipinski definition) is 2. The maximum Gasteiger partial charge on any atom is 0.211 e. The van der Waals surface area contributed by atoms with Gasteiger partial charge < -0.3 is 11.5 Å². The van der Waals surface area contributed by atoms with E-state index in [1.807, 2.05) is 30.3 Å². The van der Waals surface area contributed by atoms with E-state index in [1.54, 1.807) is 6.21 Å². The average Bonchev–Trinajstić information content (AvgIpc) is 2.14. The second-order valence-electron chi connectivity index (χ2n) is 2.51. The van der Waals surface area contributed by atoms with E-state index in [0.29, 0.717) is 0 Å². The van der Waals surface area contributed by atoms with Crippen LogP contribution in [0.2, 0.25) is 0 Å². The van der Waals surface area contributed by atoms with Gasteiger partial charge in [-0.15, -0.1) is 5.10 Å². The first kappa shape index (κ1) is 9.25. The van der Waals surface area contributed by atoms with E-state index in [1.165, 1.54) is 5.56 Å². The molecule has 68 valence electrons. The first-order valence-corrected chi connectivity index (χ1v) is 3.93. The summed E-state index contributed by atoms with van der Waals surface area (Å²) < 4.78 is 0. The number of guanidine groups is 1. The molecule has 0 bridgehead atoms. The lowest BCUT2D eigenvalue weighted by Gasteiger charge is -1.91. The summed E-state index contributed by atoms with van der Waals surface area (Å²) in [7, 11) is 0. The Morgan fingerprint density at radius 2 is 1.92 bits per heavy atom. The standard InChI is InChI=1S/C9H12N4/c10-9(11)13-12-7-6-8-4-2-1-3-5-8/h1-5,7H,6H2,(H4,10,11,13)/b12-7-. The number of benzene rings is 1. The molecule has 0 unspecified atom stereocenters. The first-order valence-electron chi connectivity index (χ1n) is 3.93. The SMILES string of the molecule is NC(N)=N/N=C\Cc1ccccc1. The molecule has 0 saturated heterocycles. The summed E-state index contributed by atoms with van der Waals surface area (Å²) in [5, 5.41) is 7.16. The fraction of sp³-hybridized carbons (Fsp3) is 0.111. The van der Waals surface area contributed by atoms with Gasteiger partial charge in [0.1, 0.15) is 0 Å². The molecule has 13 heavy (non-hydrogen) atoms. The molecule has 0 aliphatic rings.